The first kappa shape index (κ1) is 17.4. The molecule has 2 aromatic rings. The van der Waals surface area contributed by atoms with Gasteiger partial charge >= 0.3 is 0 Å². The molecule has 1 aliphatic heterocycles. The molecule has 9 heteroatoms. The number of carbonyl (C=O) groups is 1. The molecule has 0 unspecified atom stereocenters. The minimum absolute atomic E-state index is 0.0460. The number of aryl methyl sites for hydroxylation is 2. The first-order valence-corrected chi connectivity index (χ1v) is 9.10. The van der Waals surface area contributed by atoms with Crippen molar-refractivity contribution in [2.75, 3.05) is 31.6 Å². The topological polar surface area (TPSA) is 78.7 Å². The lowest BCUT2D eigenvalue weighted by atomic mass is 10.3. The average molecular weight is 361 g/mol. The normalized spacial score (nSPS) is 15.8. The number of guanidine groups is 1. The third kappa shape index (κ3) is 3.98. The Morgan fingerprint density at radius 3 is 2.84 bits per heavy atom. The molecule has 25 heavy (non-hydrogen) atoms. The van der Waals surface area contributed by atoms with Gasteiger partial charge in [-0.05, 0) is 6.42 Å². The van der Waals surface area contributed by atoms with E-state index >= 15 is 0 Å². The monoisotopic (exact) mass is 361 g/mol. The zero-order valence-electron chi connectivity index (χ0n) is 14.8. The van der Waals surface area contributed by atoms with Crippen LogP contribution in [0.15, 0.2) is 23.6 Å². The average Bonchev–Trinajstić information content (AvgIpc) is 3.24. The summed E-state index contributed by atoms with van der Waals surface area (Å²) in [5, 5.41) is 8.47. The van der Waals surface area contributed by atoms with Crippen molar-refractivity contribution < 1.29 is 4.79 Å². The number of carbonyl (C=O) groups excluding carboxylic acids is 1. The van der Waals surface area contributed by atoms with E-state index in [1.54, 1.807) is 34.2 Å². The van der Waals surface area contributed by atoms with Crippen molar-refractivity contribution in [2.24, 2.45) is 12.0 Å². The van der Waals surface area contributed by atoms with E-state index in [-0.39, 0.29) is 5.91 Å². The fraction of sp³-hybridized carbons (Fsp3) is 0.500. The van der Waals surface area contributed by atoms with Crippen molar-refractivity contribution in [3.63, 3.8) is 0 Å². The molecule has 0 spiro atoms. The van der Waals surface area contributed by atoms with Gasteiger partial charge in [0.15, 0.2) is 5.96 Å². The van der Waals surface area contributed by atoms with Crippen LogP contribution < -0.4 is 10.2 Å². The van der Waals surface area contributed by atoms with E-state index in [9.17, 15) is 4.79 Å². The van der Waals surface area contributed by atoms with Gasteiger partial charge in [0.25, 0.3) is 0 Å². The molecule has 1 aliphatic rings. The number of aliphatic imine (C=N–C) groups is 1. The summed E-state index contributed by atoms with van der Waals surface area (Å²) >= 11 is 1.70. The lowest BCUT2D eigenvalue weighted by Crippen LogP contribution is -2.55. The maximum atomic E-state index is 12.5. The second-order valence-electron chi connectivity index (χ2n) is 5.81. The maximum absolute atomic E-state index is 12.5. The summed E-state index contributed by atoms with van der Waals surface area (Å²) < 4.78 is 1.70. The largest absolute Gasteiger partial charge is 0.350 e. The highest BCUT2D eigenvalue weighted by Gasteiger charge is 2.27. The van der Waals surface area contributed by atoms with E-state index in [4.69, 9.17) is 0 Å². The summed E-state index contributed by atoms with van der Waals surface area (Å²) in [6.45, 7) is 4.37. The van der Waals surface area contributed by atoms with Gasteiger partial charge in [0.1, 0.15) is 11.6 Å². The SMILES string of the molecule is CCc1cnc(CNC(=NC)N2CCN(c3cnn(C)c3)C(=O)C2)s1. The highest BCUT2D eigenvalue weighted by Crippen LogP contribution is 2.16. The number of aromatic nitrogens is 3. The Labute approximate surface area is 151 Å². The molecule has 1 amide bonds. The molecule has 0 bridgehead atoms. The first-order chi connectivity index (χ1) is 12.1. The van der Waals surface area contributed by atoms with Crippen molar-refractivity contribution in [3.8, 4) is 0 Å². The molecule has 0 aromatic carbocycles. The van der Waals surface area contributed by atoms with Gasteiger partial charge in [-0.2, -0.15) is 5.10 Å². The highest BCUT2D eigenvalue weighted by atomic mass is 32.1. The quantitative estimate of drug-likeness (QED) is 0.646. The molecule has 3 rings (SSSR count). The molecule has 2 aromatic heterocycles. The number of rotatable bonds is 4. The van der Waals surface area contributed by atoms with Gasteiger partial charge in [0, 0.05) is 44.5 Å². The summed E-state index contributed by atoms with van der Waals surface area (Å²) in [7, 11) is 3.58. The van der Waals surface area contributed by atoms with Crippen molar-refractivity contribution >= 4 is 28.9 Å². The van der Waals surface area contributed by atoms with Crippen molar-refractivity contribution in [1.82, 2.24) is 25.0 Å². The molecule has 1 saturated heterocycles. The van der Waals surface area contributed by atoms with Gasteiger partial charge in [0.2, 0.25) is 5.91 Å². The van der Waals surface area contributed by atoms with Crippen molar-refractivity contribution in [1.29, 1.82) is 0 Å². The molecule has 3 heterocycles. The van der Waals surface area contributed by atoms with Crippen LogP contribution in [-0.4, -0.2) is 58.2 Å². The van der Waals surface area contributed by atoms with Crippen molar-refractivity contribution in [3.05, 3.63) is 28.5 Å². The smallest absolute Gasteiger partial charge is 0.246 e. The molecule has 134 valence electrons. The Morgan fingerprint density at radius 2 is 2.24 bits per heavy atom. The number of nitrogens with one attached hydrogen (secondary N) is 1. The zero-order chi connectivity index (χ0) is 17.8. The number of thiazole rings is 1. The Hall–Kier alpha value is -2.42. The highest BCUT2D eigenvalue weighted by molar-refractivity contribution is 7.11. The van der Waals surface area contributed by atoms with Gasteiger partial charge in [-0.3, -0.25) is 14.5 Å². The van der Waals surface area contributed by atoms with Crippen molar-refractivity contribution in [2.45, 2.75) is 19.9 Å². The second-order valence-corrected chi connectivity index (χ2v) is 7.01. The summed E-state index contributed by atoms with van der Waals surface area (Å²) in [6, 6.07) is 0. The van der Waals surface area contributed by atoms with Crippen LogP contribution in [0.5, 0.6) is 0 Å². The number of hydrogen-bond acceptors (Lipinski definition) is 5. The predicted molar refractivity (Wildman–Crippen MR) is 98.8 cm³/mol. The molecular formula is C16H23N7OS. The van der Waals surface area contributed by atoms with Gasteiger partial charge in [0.05, 0.1) is 18.4 Å². The predicted octanol–water partition coefficient (Wildman–Crippen LogP) is 0.863. The second kappa shape index (κ2) is 7.64. The van der Waals surface area contributed by atoms with Gasteiger partial charge in [-0.15, -0.1) is 11.3 Å². The lowest BCUT2D eigenvalue weighted by molar-refractivity contribution is -0.120. The van der Waals surface area contributed by atoms with E-state index in [1.165, 1.54) is 4.88 Å². The first-order valence-electron chi connectivity index (χ1n) is 8.29. The van der Waals surface area contributed by atoms with E-state index in [0.717, 1.165) is 29.6 Å². The number of nitrogens with zero attached hydrogens (tertiary/aromatic N) is 6. The van der Waals surface area contributed by atoms with E-state index in [1.807, 2.05) is 24.3 Å². The number of hydrogen-bond donors (Lipinski definition) is 1. The van der Waals surface area contributed by atoms with Gasteiger partial charge in [-0.1, -0.05) is 6.92 Å². The Morgan fingerprint density at radius 1 is 1.40 bits per heavy atom. The van der Waals surface area contributed by atoms with Crippen LogP contribution in [0.2, 0.25) is 0 Å². The van der Waals surface area contributed by atoms with Crippen LogP contribution in [0, 0.1) is 0 Å². The molecular weight excluding hydrogens is 338 g/mol. The van der Waals surface area contributed by atoms with Gasteiger partial charge in [-0.25, -0.2) is 4.98 Å². The lowest BCUT2D eigenvalue weighted by Gasteiger charge is -2.35. The van der Waals surface area contributed by atoms with E-state index < -0.39 is 0 Å². The Kier molecular flexibility index (Phi) is 5.32. The third-order valence-corrected chi connectivity index (χ3v) is 5.22. The van der Waals surface area contributed by atoms with E-state index in [2.05, 4.69) is 27.3 Å². The zero-order valence-corrected chi connectivity index (χ0v) is 15.6. The molecule has 1 fully saturated rings. The fourth-order valence-corrected chi connectivity index (χ4v) is 3.56. The van der Waals surface area contributed by atoms with Crippen LogP contribution in [0.4, 0.5) is 5.69 Å². The number of amides is 1. The fourth-order valence-electron chi connectivity index (χ4n) is 2.75. The van der Waals surface area contributed by atoms with Crippen LogP contribution >= 0.6 is 11.3 Å². The molecule has 0 saturated carbocycles. The summed E-state index contributed by atoms with van der Waals surface area (Å²) in [4.78, 5) is 26.2. The molecule has 1 N–H and O–H groups in total. The van der Waals surface area contributed by atoms with Crippen LogP contribution in [0.3, 0.4) is 0 Å². The molecule has 0 atom stereocenters. The van der Waals surface area contributed by atoms with Crippen LogP contribution in [0.1, 0.15) is 16.8 Å². The number of piperazine rings is 1. The van der Waals surface area contributed by atoms with Gasteiger partial charge < -0.3 is 15.1 Å². The Bertz CT molecular complexity index is 766. The minimum Gasteiger partial charge on any atom is -0.350 e. The summed E-state index contributed by atoms with van der Waals surface area (Å²) in [5.74, 6) is 0.775. The van der Waals surface area contributed by atoms with E-state index in [0.29, 0.717) is 19.6 Å². The molecule has 0 aliphatic carbocycles. The van der Waals surface area contributed by atoms with Crippen LogP contribution in [-0.2, 0) is 24.8 Å². The Balaban J connectivity index is 1.58. The summed E-state index contributed by atoms with van der Waals surface area (Å²) in [5.41, 5.74) is 0.838. The molecule has 0 radical (unpaired) electrons. The van der Waals surface area contributed by atoms with Crippen LogP contribution in [0.25, 0.3) is 0 Å². The molecule has 8 nitrogen and oxygen atoms in total. The number of anilines is 1. The third-order valence-electron chi connectivity index (χ3n) is 4.08. The summed E-state index contributed by atoms with van der Waals surface area (Å²) in [6.07, 6.45) is 6.49. The maximum Gasteiger partial charge on any atom is 0.246 e. The standard InChI is InChI=1S/C16H23N7OS/c1-4-13-8-18-14(25-13)9-19-16(17-2)22-5-6-23(15(24)11-22)12-7-20-21(3)10-12/h7-8,10H,4-6,9,11H2,1-3H3,(H,17,19). The minimum atomic E-state index is 0.0460.